The molecule has 0 unspecified atom stereocenters. The van der Waals surface area contributed by atoms with E-state index in [1.165, 1.54) is 30.9 Å². The molecule has 2 heterocycles. The molecule has 8 heteroatoms. The predicted octanol–water partition coefficient (Wildman–Crippen LogP) is 5.05. The molecular weight excluding hydrogens is 437 g/mol. The molecule has 2 aromatic heterocycles. The summed E-state index contributed by atoms with van der Waals surface area (Å²) in [6.07, 6.45) is 5.31. The number of carbonyl (C=O) groups excluding carboxylic acids is 1. The lowest BCUT2D eigenvalue weighted by Crippen LogP contribution is -2.19. The highest BCUT2D eigenvalue weighted by atomic mass is 32.2. The van der Waals surface area contributed by atoms with Crippen molar-refractivity contribution in [1.82, 2.24) is 25.1 Å². The van der Waals surface area contributed by atoms with E-state index in [9.17, 15) is 9.18 Å². The van der Waals surface area contributed by atoms with Gasteiger partial charge in [-0.2, -0.15) is 0 Å². The molecule has 0 saturated heterocycles. The Bertz CT molecular complexity index is 1410. The van der Waals surface area contributed by atoms with Crippen LogP contribution >= 0.6 is 11.8 Å². The number of rotatable bonds is 6. The molecule has 0 radical (unpaired) electrons. The van der Waals surface area contributed by atoms with Crippen molar-refractivity contribution in [1.29, 1.82) is 0 Å². The number of carbonyl (C=O) groups is 1. The number of pyridine rings is 1. The van der Waals surface area contributed by atoms with Crippen molar-refractivity contribution in [2.24, 2.45) is 7.05 Å². The third kappa shape index (κ3) is 4.70. The molecule has 0 aliphatic heterocycles. The number of nitrogens with one attached hydrogen (secondary N) is 1. The Morgan fingerprint density at radius 1 is 1.21 bits per heavy atom. The van der Waals surface area contributed by atoms with Crippen molar-refractivity contribution in [2.45, 2.75) is 17.0 Å². The van der Waals surface area contributed by atoms with Gasteiger partial charge in [-0.25, -0.2) is 4.39 Å². The highest BCUT2D eigenvalue weighted by Gasteiger charge is 2.13. The minimum absolute atomic E-state index is 0.00670. The van der Waals surface area contributed by atoms with Gasteiger partial charge in [-0.1, -0.05) is 24.8 Å². The maximum atomic E-state index is 14.3. The second-order valence-corrected chi connectivity index (χ2v) is 8.46. The molecule has 4 rings (SSSR count). The van der Waals surface area contributed by atoms with Crippen molar-refractivity contribution in [3.8, 4) is 0 Å². The first-order valence-electron chi connectivity index (χ1n) is 10.2. The number of fused-ring (bicyclic) bond motifs is 1. The first-order chi connectivity index (χ1) is 15.9. The van der Waals surface area contributed by atoms with Gasteiger partial charge in [-0.15, -0.1) is 10.2 Å². The number of allylic oxidation sites excluding steroid dienone is 2. The number of halogens is 1. The minimum atomic E-state index is -0.598. The van der Waals surface area contributed by atoms with Crippen LogP contribution in [0.2, 0.25) is 0 Å². The van der Waals surface area contributed by atoms with Crippen molar-refractivity contribution >= 4 is 40.2 Å². The number of nitrogens with zero attached hydrogens (tertiary/aromatic N) is 4. The second-order valence-electron chi connectivity index (χ2n) is 7.45. The van der Waals surface area contributed by atoms with Gasteiger partial charge in [0, 0.05) is 30.6 Å². The van der Waals surface area contributed by atoms with Crippen LogP contribution in [-0.2, 0) is 7.05 Å². The first kappa shape index (κ1) is 22.4. The molecule has 0 saturated carbocycles. The summed E-state index contributed by atoms with van der Waals surface area (Å²) >= 11 is 1.53. The van der Waals surface area contributed by atoms with E-state index >= 15 is 0 Å². The van der Waals surface area contributed by atoms with Crippen LogP contribution in [0.15, 0.2) is 71.4 Å². The van der Waals surface area contributed by atoms with Gasteiger partial charge >= 0.3 is 0 Å². The third-order valence-electron chi connectivity index (χ3n) is 5.21. The molecule has 6 nitrogen and oxygen atoms in total. The van der Waals surface area contributed by atoms with Crippen LogP contribution < -0.4 is 5.32 Å². The van der Waals surface area contributed by atoms with E-state index in [1.807, 2.05) is 30.7 Å². The Hall–Kier alpha value is -3.78. The van der Waals surface area contributed by atoms with E-state index in [0.717, 1.165) is 26.5 Å². The summed E-state index contributed by atoms with van der Waals surface area (Å²) in [4.78, 5) is 17.2. The quantitative estimate of drug-likeness (QED) is 0.409. The Morgan fingerprint density at radius 2 is 2.03 bits per heavy atom. The van der Waals surface area contributed by atoms with Crippen LogP contribution in [0.3, 0.4) is 0 Å². The number of aromatic nitrogens is 4. The van der Waals surface area contributed by atoms with E-state index in [2.05, 4.69) is 39.2 Å². The van der Waals surface area contributed by atoms with E-state index < -0.39 is 11.7 Å². The monoisotopic (exact) mass is 459 g/mol. The van der Waals surface area contributed by atoms with Crippen molar-refractivity contribution in [2.75, 3.05) is 7.05 Å². The highest BCUT2D eigenvalue weighted by molar-refractivity contribution is 7.99. The van der Waals surface area contributed by atoms with Crippen molar-refractivity contribution in [3.05, 3.63) is 89.6 Å². The molecule has 4 aromatic rings. The van der Waals surface area contributed by atoms with Gasteiger partial charge in [0.25, 0.3) is 5.91 Å². The SMILES string of the molecule is C=C(/C=C\c1nnc(Sc2cc3cccnc3cc2C)n1C)c1ccc(C(=O)NC)c(F)c1. The summed E-state index contributed by atoms with van der Waals surface area (Å²) in [5.74, 6) is -0.428. The lowest BCUT2D eigenvalue weighted by molar-refractivity contribution is 0.0959. The Morgan fingerprint density at radius 3 is 2.79 bits per heavy atom. The second kappa shape index (κ2) is 9.38. The van der Waals surface area contributed by atoms with Crippen molar-refractivity contribution < 1.29 is 9.18 Å². The molecule has 0 aliphatic carbocycles. The Kier molecular flexibility index (Phi) is 6.37. The summed E-state index contributed by atoms with van der Waals surface area (Å²) < 4.78 is 16.1. The van der Waals surface area contributed by atoms with Crippen LogP contribution in [0.4, 0.5) is 4.39 Å². The summed E-state index contributed by atoms with van der Waals surface area (Å²) in [7, 11) is 3.35. The van der Waals surface area contributed by atoms with Crippen LogP contribution in [0, 0.1) is 12.7 Å². The van der Waals surface area contributed by atoms with E-state index in [1.54, 1.807) is 24.4 Å². The van der Waals surface area contributed by atoms with Crippen LogP contribution in [0.1, 0.15) is 27.3 Å². The lowest BCUT2D eigenvalue weighted by Gasteiger charge is -2.07. The zero-order valence-corrected chi connectivity index (χ0v) is 19.3. The maximum absolute atomic E-state index is 14.3. The molecule has 166 valence electrons. The Balaban J connectivity index is 1.52. The zero-order chi connectivity index (χ0) is 23.5. The van der Waals surface area contributed by atoms with E-state index in [-0.39, 0.29) is 5.56 Å². The zero-order valence-electron chi connectivity index (χ0n) is 18.5. The summed E-state index contributed by atoms with van der Waals surface area (Å²) in [6.45, 7) is 6.05. The molecule has 0 atom stereocenters. The molecule has 1 N–H and O–H groups in total. The fraction of sp³-hybridized carbons (Fsp3) is 0.120. The van der Waals surface area contributed by atoms with Crippen LogP contribution in [-0.4, -0.2) is 32.7 Å². The topological polar surface area (TPSA) is 72.7 Å². The first-order valence-corrected chi connectivity index (χ1v) is 11.0. The molecule has 0 fully saturated rings. The normalized spacial score (nSPS) is 11.3. The standard InChI is InChI=1S/C25H22FN5OS/c1-15(17-8-9-19(20(26)13-17)24(32)27-3)7-10-23-29-30-25(31(23)4)33-22-14-18-6-5-11-28-21(18)12-16(22)2/h5-14H,1H2,2-4H3,(H,27,32)/b10-7-. The van der Waals surface area contributed by atoms with Gasteiger partial charge in [0.15, 0.2) is 11.0 Å². The average molecular weight is 460 g/mol. The predicted molar refractivity (Wildman–Crippen MR) is 129 cm³/mol. The largest absolute Gasteiger partial charge is 0.355 e. The molecule has 0 bridgehead atoms. The summed E-state index contributed by atoms with van der Waals surface area (Å²) in [5, 5.41) is 12.8. The van der Waals surface area contributed by atoms with Gasteiger partial charge < -0.3 is 9.88 Å². The number of benzene rings is 2. The number of amides is 1. The van der Waals surface area contributed by atoms with Crippen LogP contribution in [0.25, 0.3) is 22.6 Å². The molecule has 0 spiro atoms. The van der Waals surface area contributed by atoms with Gasteiger partial charge in [0.2, 0.25) is 0 Å². The Labute approximate surface area is 195 Å². The van der Waals surface area contributed by atoms with Crippen LogP contribution in [0.5, 0.6) is 0 Å². The van der Waals surface area contributed by atoms with Gasteiger partial charge in [-0.05, 0) is 71.8 Å². The van der Waals surface area contributed by atoms with Gasteiger partial charge in [0.1, 0.15) is 5.82 Å². The smallest absolute Gasteiger partial charge is 0.253 e. The fourth-order valence-corrected chi connectivity index (χ4v) is 4.19. The summed E-state index contributed by atoms with van der Waals surface area (Å²) in [6, 6.07) is 12.5. The number of aryl methyl sites for hydroxylation is 1. The number of hydrogen-bond donors (Lipinski definition) is 1. The van der Waals surface area contributed by atoms with Crippen molar-refractivity contribution in [3.63, 3.8) is 0 Å². The lowest BCUT2D eigenvalue weighted by atomic mass is 10.0. The van der Waals surface area contributed by atoms with E-state index in [4.69, 9.17) is 0 Å². The molecule has 2 aromatic carbocycles. The molecule has 0 aliphatic rings. The minimum Gasteiger partial charge on any atom is -0.355 e. The van der Waals surface area contributed by atoms with E-state index in [0.29, 0.717) is 17.0 Å². The molecule has 1 amide bonds. The number of hydrogen-bond acceptors (Lipinski definition) is 5. The van der Waals surface area contributed by atoms with Gasteiger partial charge in [0.05, 0.1) is 11.1 Å². The highest BCUT2D eigenvalue weighted by Crippen LogP contribution is 2.32. The molecular formula is C25H22FN5OS. The maximum Gasteiger partial charge on any atom is 0.253 e. The fourth-order valence-electron chi connectivity index (χ4n) is 3.28. The third-order valence-corrected chi connectivity index (χ3v) is 6.41. The average Bonchev–Trinajstić information content (AvgIpc) is 3.16. The van der Waals surface area contributed by atoms with Gasteiger partial charge in [-0.3, -0.25) is 9.78 Å². The summed E-state index contributed by atoms with van der Waals surface area (Å²) in [5.41, 5.74) is 3.23. The molecule has 33 heavy (non-hydrogen) atoms.